The van der Waals surface area contributed by atoms with Gasteiger partial charge in [0.05, 0.1) is 27.4 Å². The summed E-state index contributed by atoms with van der Waals surface area (Å²) >= 11 is 14.2. The molecule has 0 radical (unpaired) electrons. The zero-order valence-electron chi connectivity index (χ0n) is 19.9. The zero-order valence-corrected chi connectivity index (χ0v) is 23.0. The molecule has 37 heavy (non-hydrogen) atoms. The number of fused-ring (bicyclic) bond motifs is 1. The molecule has 0 spiro atoms. The first-order valence-electron chi connectivity index (χ1n) is 11.6. The molecule has 13 heteroatoms. The molecule has 3 aromatic rings. The van der Waals surface area contributed by atoms with Gasteiger partial charge in [0.15, 0.2) is 0 Å². The Balaban J connectivity index is 1.35. The van der Waals surface area contributed by atoms with E-state index in [-0.39, 0.29) is 30.4 Å². The summed E-state index contributed by atoms with van der Waals surface area (Å²) in [4.78, 5) is 24.6. The quantitative estimate of drug-likeness (QED) is 0.374. The van der Waals surface area contributed by atoms with E-state index in [0.717, 1.165) is 30.5 Å². The van der Waals surface area contributed by atoms with Crippen LogP contribution >= 0.6 is 34.5 Å². The van der Waals surface area contributed by atoms with Crippen molar-refractivity contribution in [3.63, 3.8) is 0 Å². The largest absolute Gasteiger partial charge is 0.367 e. The number of hydrogen-bond acceptors (Lipinski definition) is 9. The first-order valence-corrected chi connectivity index (χ1v) is 14.7. The number of nitrogens with two attached hydrogens (primary N) is 1. The number of anilines is 1. The minimum Gasteiger partial charge on any atom is -0.367 e. The van der Waals surface area contributed by atoms with Crippen molar-refractivity contribution in [3.8, 4) is 0 Å². The summed E-state index contributed by atoms with van der Waals surface area (Å²) in [5.74, 6) is 0.245. The fraction of sp³-hybridized carbons (Fsp3) is 0.375. The smallest absolute Gasteiger partial charge is 0.333 e. The van der Waals surface area contributed by atoms with Gasteiger partial charge in [0.25, 0.3) is 0 Å². The van der Waals surface area contributed by atoms with Crippen molar-refractivity contribution in [1.29, 1.82) is 0 Å². The summed E-state index contributed by atoms with van der Waals surface area (Å²) in [5, 5.41) is 8.92. The van der Waals surface area contributed by atoms with Gasteiger partial charge in [-0.15, -0.1) is 11.3 Å². The van der Waals surface area contributed by atoms with Gasteiger partial charge in [0.1, 0.15) is 12.1 Å². The minimum atomic E-state index is -3.97. The molecule has 1 saturated carbocycles. The third kappa shape index (κ3) is 5.83. The lowest BCUT2D eigenvalue weighted by molar-refractivity contribution is 0.104. The molecular formula is C24H25Cl2N5O4S2. The van der Waals surface area contributed by atoms with E-state index in [2.05, 4.69) is 20.2 Å². The summed E-state index contributed by atoms with van der Waals surface area (Å²) in [7, 11) is -1.95. The van der Waals surface area contributed by atoms with Gasteiger partial charge >= 0.3 is 10.3 Å². The third-order valence-electron chi connectivity index (χ3n) is 6.80. The molecule has 5 rings (SSSR count). The highest BCUT2D eigenvalue weighted by Gasteiger charge is 2.33. The molecular weight excluding hydrogens is 557 g/mol. The van der Waals surface area contributed by atoms with Crippen LogP contribution < -0.4 is 10.5 Å². The van der Waals surface area contributed by atoms with Crippen LogP contribution in [0.1, 0.15) is 57.2 Å². The van der Waals surface area contributed by atoms with Crippen LogP contribution in [0.25, 0.3) is 0 Å². The second kappa shape index (κ2) is 10.6. The van der Waals surface area contributed by atoms with Gasteiger partial charge in [0, 0.05) is 29.4 Å². The van der Waals surface area contributed by atoms with Gasteiger partial charge in [-0.1, -0.05) is 29.3 Å². The van der Waals surface area contributed by atoms with Crippen LogP contribution in [0.3, 0.4) is 0 Å². The average Bonchev–Trinajstić information content (AvgIpc) is 3.53. The standard InChI is InChI=1S/C24H25Cl2N5O4S2/c1-31-10-14-3-4-15(25)7-17(14)21(31)18-8-20(36-23(18)26)22(32)19-9-28-12-29-24(19)30-16-5-2-13(6-16)11-35-37(27,33)34/h3-4,7-9,12-13,16,21H,2,5-6,10-11H2,1H3,(H2,27,33,34)(H,28,29,30)/t13-,16+,21?/m1/s1. The van der Waals surface area contributed by atoms with E-state index >= 15 is 0 Å². The molecule has 1 unspecified atom stereocenters. The average molecular weight is 583 g/mol. The number of nitrogens with zero attached hydrogens (tertiary/aromatic N) is 3. The number of halogens is 2. The summed E-state index contributed by atoms with van der Waals surface area (Å²) in [6, 6.07) is 7.61. The number of nitrogens with one attached hydrogen (secondary N) is 1. The van der Waals surface area contributed by atoms with Gasteiger partial charge in [-0.05, 0) is 61.6 Å². The molecule has 2 aromatic heterocycles. The van der Waals surface area contributed by atoms with E-state index in [1.165, 1.54) is 29.4 Å². The molecule has 3 heterocycles. The van der Waals surface area contributed by atoms with Crippen molar-refractivity contribution in [2.75, 3.05) is 19.0 Å². The zero-order chi connectivity index (χ0) is 26.3. The number of thiophene rings is 1. The van der Waals surface area contributed by atoms with Crippen LogP contribution in [-0.2, 0) is 21.0 Å². The SMILES string of the molecule is CN1Cc2ccc(Cl)cc2C1c1cc(C(=O)c2cncnc2N[C@H]2CC[C@@H](COS(N)(=O)=O)C2)sc1Cl. The number of benzene rings is 1. The second-order valence-corrected chi connectivity index (χ2v) is 12.7. The van der Waals surface area contributed by atoms with Gasteiger partial charge in [0.2, 0.25) is 5.78 Å². The fourth-order valence-electron chi connectivity index (χ4n) is 5.13. The van der Waals surface area contributed by atoms with Crippen molar-refractivity contribution in [2.45, 2.75) is 37.9 Å². The maximum Gasteiger partial charge on any atom is 0.333 e. The Kier molecular flexibility index (Phi) is 7.56. The van der Waals surface area contributed by atoms with Crippen molar-refractivity contribution in [1.82, 2.24) is 14.9 Å². The number of carbonyl (C=O) groups is 1. The summed E-state index contributed by atoms with van der Waals surface area (Å²) in [6.07, 6.45) is 5.10. The number of hydrogen-bond donors (Lipinski definition) is 2. The molecule has 196 valence electrons. The van der Waals surface area contributed by atoms with Crippen LogP contribution in [0.5, 0.6) is 0 Å². The van der Waals surface area contributed by atoms with Crippen LogP contribution in [0.4, 0.5) is 5.82 Å². The lowest BCUT2D eigenvalue weighted by Gasteiger charge is -2.20. The monoisotopic (exact) mass is 581 g/mol. The molecule has 1 fully saturated rings. The molecule has 1 aliphatic heterocycles. The summed E-state index contributed by atoms with van der Waals surface area (Å²) in [5.41, 5.74) is 3.47. The molecule has 1 aliphatic carbocycles. The third-order valence-corrected chi connectivity index (χ3v) is 8.89. The summed E-state index contributed by atoms with van der Waals surface area (Å²) in [6.45, 7) is 0.796. The Morgan fingerprint density at radius 3 is 2.86 bits per heavy atom. The van der Waals surface area contributed by atoms with Gasteiger partial charge in [-0.2, -0.15) is 8.42 Å². The maximum atomic E-state index is 13.6. The number of ketones is 1. The van der Waals surface area contributed by atoms with Crippen LogP contribution in [0.2, 0.25) is 9.36 Å². The highest BCUT2D eigenvalue weighted by Crippen LogP contribution is 2.44. The predicted molar refractivity (Wildman–Crippen MR) is 143 cm³/mol. The Morgan fingerprint density at radius 1 is 1.27 bits per heavy atom. The fourth-order valence-corrected chi connectivity index (χ4v) is 6.97. The Bertz CT molecular complexity index is 1450. The van der Waals surface area contributed by atoms with E-state index < -0.39 is 10.3 Å². The Hall–Kier alpha value is -2.12. The highest BCUT2D eigenvalue weighted by molar-refractivity contribution is 7.84. The van der Waals surface area contributed by atoms with Crippen molar-refractivity contribution < 1.29 is 17.4 Å². The van der Waals surface area contributed by atoms with Gasteiger partial charge in [-0.25, -0.2) is 15.1 Å². The van der Waals surface area contributed by atoms with Crippen LogP contribution in [-0.4, -0.2) is 48.8 Å². The van der Waals surface area contributed by atoms with Crippen molar-refractivity contribution >= 4 is 56.4 Å². The number of aromatic nitrogens is 2. The Morgan fingerprint density at radius 2 is 2.08 bits per heavy atom. The lowest BCUT2D eigenvalue weighted by Crippen LogP contribution is -2.22. The predicted octanol–water partition coefficient (Wildman–Crippen LogP) is 4.41. The molecule has 9 nitrogen and oxygen atoms in total. The highest BCUT2D eigenvalue weighted by atomic mass is 35.5. The van der Waals surface area contributed by atoms with E-state index in [4.69, 9.17) is 32.5 Å². The maximum absolute atomic E-state index is 13.6. The lowest BCUT2D eigenvalue weighted by atomic mass is 9.99. The van der Waals surface area contributed by atoms with Crippen molar-refractivity contribution in [3.05, 3.63) is 73.3 Å². The topological polar surface area (TPSA) is 128 Å². The summed E-state index contributed by atoms with van der Waals surface area (Å²) < 4.78 is 27.5. The first kappa shape index (κ1) is 26.5. The minimum absolute atomic E-state index is 0.00593. The molecule has 2 aliphatic rings. The molecule has 3 atom stereocenters. The van der Waals surface area contributed by atoms with E-state index in [1.54, 1.807) is 0 Å². The van der Waals surface area contributed by atoms with E-state index in [1.807, 2.05) is 31.3 Å². The van der Waals surface area contributed by atoms with Crippen molar-refractivity contribution in [2.24, 2.45) is 11.1 Å². The first-order chi connectivity index (χ1) is 17.6. The van der Waals surface area contributed by atoms with Gasteiger partial charge < -0.3 is 5.32 Å². The molecule has 1 aromatic carbocycles. The molecule has 0 saturated heterocycles. The number of carbonyl (C=O) groups excluding carboxylic acids is 1. The normalized spacial score (nSPS) is 21.8. The van der Waals surface area contributed by atoms with Crippen LogP contribution in [0, 0.1) is 5.92 Å². The van der Waals surface area contributed by atoms with Gasteiger partial charge in [-0.3, -0.25) is 13.9 Å². The van der Waals surface area contributed by atoms with E-state index in [0.29, 0.717) is 32.0 Å². The van der Waals surface area contributed by atoms with E-state index in [9.17, 15) is 13.2 Å². The Labute approximate surface area is 229 Å². The molecule has 3 N–H and O–H groups in total. The second-order valence-electron chi connectivity index (χ2n) is 9.41. The van der Waals surface area contributed by atoms with Crippen LogP contribution in [0.15, 0.2) is 36.8 Å². The molecule has 0 amide bonds. The number of rotatable bonds is 8. The molecule has 0 bridgehead atoms.